The van der Waals surface area contributed by atoms with Crippen molar-refractivity contribution in [3.63, 3.8) is 0 Å². The lowest BCUT2D eigenvalue weighted by atomic mass is 9.90. The predicted molar refractivity (Wildman–Crippen MR) is 169 cm³/mol. The monoisotopic (exact) mass is 601 g/mol. The Labute approximate surface area is 259 Å². The number of rotatable bonds is 13. The van der Waals surface area contributed by atoms with E-state index >= 15 is 0 Å². The highest BCUT2D eigenvalue weighted by Gasteiger charge is 2.38. The minimum absolute atomic E-state index is 0.00368. The zero-order valence-corrected chi connectivity index (χ0v) is 25.7. The van der Waals surface area contributed by atoms with Gasteiger partial charge in [-0.1, -0.05) is 85.8 Å². The molecule has 0 spiro atoms. The molecule has 3 N–H and O–H groups in total. The van der Waals surface area contributed by atoms with Gasteiger partial charge in [0, 0.05) is 31.1 Å². The van der Waals surface area contributed by atoms with E-state index in [-0.39, 0.29) is 44.4 Å². The van der Waals surface area contributed by atoms with Gasteiger partial charge >= 0.3 is 12.0 Å². The van der Waals surface area contributed by atoms with Gasteiger partial charge in [-0.3, -0.25) is 4.79 Å². The van der Waals surface area contributed by atoms with E-state index < -0.39 is 18.3 Å². The normalized spacial score (nSPS) is 19.8. The molecule has 0 radical (unpaired) electrons. The topological polar surface area (TPSA) is 109 Å². The minimum Gasteiger partial charge on any atom is -0.465 e. The standard InChI is InChI=1S/C35H43N3O6/c1-5-19-38(4)22-31-24(3)33(27-13-11-25(23-39)12-14-27)44-34(43-31)28-17-15-26(16-18-28)30-10-8-7-9-29(30)20-36-35(41)37-21-32(40)42-6-2/h5,7-18,24,31,33-34,39H,1,6,19-23H2,2-4H3,(H2,36,37,41). The summed E-state index contributed by atoms with van der Waals surface area (Å²) in [5.41, 5.74) is 5.71. The Kier molecular flexibility index (Phi) is 12.1. The average Bonchev–Trinajstić information content (AvgIpc) is 3.04. The first kappa shape index (κ1) is 32.9. The van der Waals surface area contributed by atoms with Gasteiger partial charge in [0.05, 0.1) is 25.4 Å². The van der Waals surface area contributed by atoms with Crippen molar-refractivity contribution in [1.29, 1.82) is 0 Å². The number of ether oxygens (including phenoxy) is 3. The Morgan fingerprint density at radius 1 is 1.00 bits per heavy atom. The Morgan fingerprint density at radius 3 is 2.39 bits per heavy atom. The van der Waals surface area contributed by atoms with Crippen molar-refractivity contribution < 1.29 is 28.9 Å². The molecule has 4 rings (SSSR count). The number of nitrogens with one attached hydrogen (secondary N) is 2. The predicted octanol–water partition coefficient (Wildman–Crippen LogP) is 5.12. The summed E-state index contributed by atoms with van der Waals surface area (Å²) in [5, 5.41) is 14.8. The van der Waals surface area contributed by atoms with E-state index in [9.17, 15) is 14.7 Å². The molecule has 0 aromatic heterocycles. The maximum atomic E-state index is 12.2. The fourth-order valence-corrected chi connectivity index (χ4v) is 5.31. The molecule has 1 aliphatic rings. The lowest BCUT2D eigenvalue weighted by Gasteiger charge is -2.42. The van der Waals surface area contributed by atoms with E-state index in [1.165, 1.54) is 0 Å². The molecule has 1 heterocycles. The number of carbonyl (C=O) groups excluding carboxylic acids is 2. The Bertz CT molecular complexity index is 1380. The second-order valence-corrected chi connectivity index (χ2v) is 11.0. The summed E-state index contributed by atoms with van der Waals surface area (Å²) >= 11 is 0. The summed E-state index contributed by atoms with van der Waals surface area (Å²) in [6.45, 7) is 9.57. The molecule has 0 saturated carbocycles. The van der Waals surface area contributed by atoms with Gasteiger partial charge in [-0.15, -0.1) is 6.58 Å². The maximum Gasteiger partial charge on any atom is 0.325 e. The van der Waals surface area contributed by atoms with Crippen LogP contribution in [0.15, 0.2) is 85.5 Å². The first-order valence-electron chi connectivity index (χ1n) is 15.0. The van der Waals surface area contributed by atoms with E-state index in [4.69, 9.17) is 14.2 Å². The lowest BCUT2D eigenvalue weighted by molar-refractivity contribution is -0.275. The zero-order valence-electron chi connectivity index (χ0n) is 25.7. The molecule has 9 heteroatoms. The van der Waals surface area contributed by atoms with Gasteiger partial charge in [0.1, 0.15) is 6.54 Å². The number of carbonyl (C=O) groups is 2. The SMILES string of the molecule is C=CCN(C)CC1OC(c2ccc(-c3ccccc3CNC(=O)NCC(=O)OCC)cc2)OC(c2ccc(CO)cc2)C1C. The number of benzene rings is 3. The number of aliphatic hydroxyl groups is 1. The summed E-state index contributed by atoms with van der Waals surface area (Å²) < 4.78 is 18.0. The van der Waals surface area contributed by atoms with Crippen LogP contribution >= 0.6 is 0 Å². The van der Waals surface area contributed by atoms with Crippen LogP contribution in [0.2, 0.25) is 0 Å². The molecule has 44 heavy (non-hydrogen) atoms. The highest BCUT2D eigenvalue weighted by molar-refractivity contribution is 5.81. The van der Waals surface area contributed by atoms with Gasteiger partial charge in [-0.25, -0.2) is 4.79 Å². The summed E-state index contributed by atoms with van der Waals surface area (Å²) in [6, 6.07) is 23.4. The third-order valence-electron chi connectivity index (χ3n) is 7.71. The van der Waals surface area contributed by atoms with Crippen molar-refractivity contribution in [2.45, 2.75) is 45.5 Å². The summed E-state index contributed by atoms with van der Waals surface area (Å²) in [6.07, 6.45) is 1.05. The molecule has 1 fully saturated rings. The molecule has 1 saturated heterocycles. The third-order valence-corrected chi connectivity index (χ3v) is 7.71. The summed E-state index contributed by atoms with van der Waals surface area (Å²) in [4.78, 5) is 25.9. The lowest BCUT2D eigenvalue weighted by Crippen LogP contribution is -2.43. The molecule has 1 aliphatic heterocycles. The minimum atomic E-state index is -0.565. The van der Waals surface area contributed by atoms with Crippen molar-refractivity contribution in [1.82, 2.24) is 15.5 Å². The van der Waals surface area contributed by atoms with Crippen LogP contribution in [-0.2, 0) is 32.2 Å². The Hall–Kier alpha value is -4.02. The van der Waals surface area contributed by atoms with Crippen LogP contribution < -0.4 is 10.6 Å². The van der Waals surface area contributed by atoms with Crippen LogP contribution in [0.5, 0.6) is 0 Å². The fraction of sp³-hybridized carbons (Fsp3) is 0.371. The quantitative estimate of drug-likeness (QED) is 0.184. The smallest absolute Gasteiger partial charge is 0.325 e. The maximum absolute atomic E-state index is 12.2. The molecule has 4 atom stereocenters. The van der Waals surface area contributed by atoms with Crippen molar-refractivity contribution in [3.8, 4) is 11.1 Å². The van der Waals surface area contributed by atoms with Crippen LogP contribution in [-0.4, -0.2) is 61.4 Å². The number of likely N-dealkylation sites (N-methyl/N-ethyl adjacent to an activating group) is 1. The molecule has 2 amide bonds. The van der Waals surface area contributed by atoms with Crippen LogP contribution in [0, 0.1) is 5.92 Å². The van der Waals surface area contributed by atoms with Crippen LogP contribution in [0.25, 0.3) is 11.1 Å². The zero-order chi connectivity index (χ0) is 31.5. The summed E-state index contributed by atoms with van der Waals surface area (Å²) in [7, 11) is 2.05. The molecular formula is C35H43N3O6. The number of aliphatic hydroxyl groups excluding tert-OH is 1. The molecule has 9 nitrogen and oxygen atoms in total. The molecule has 4 unspecified atom stereocenters. The highest BCUT2D eigenvalue weighted by atomic mass is 16.7. The third kappa shape index (κ3) is 8.76. The second-order valence-electron chi connectivity index (χ2n) is 11.0. The molecule has 0 bridgehead atoms. The van der Waals surface area contributed by atoms with E-state index in [0.717, 1.165) is 46.5 Å². The number of urea groups is 1. The second kappa shape index (κ2) is 16.2. The molecule has 0 aliphatic carbocycles. The van der Waals surface area contributed by atoms with Gasteiger partial charge < -0.3 is 34.9 Å². The van der Waals surface area contributed by atoms with Crippen molar-refractivity contribution in [2.75, 3.05) is 33.3 Å². The summed E-state index contributed by atoms with van der Waals surface area (Å²) in [5.74, 6) is -0.392. The number of esters is 1. The molecular weight excluding hydrogens is 558 g/mol. The number of hydrogen-bond acceptors (Lipinski definition) is 7. The van der Waals surface area contributed by atoms with E-state index in [2.05, 4.69) is 36.1 Å². The van der Waals surface area contributed by atoms with Gasteiger partial charge in [0.2, 0.25) is 0 Å². The molecule has 234 valence electrons. The van der Waals surface area contributed by atoms with Crippen molar-refractivity contribution in [2.24, 2.45) is 5.92 Å². The number of hydrogen-bond donors (Lipinski definition) is 3. The van der Waals surface area contributed by atoms with Crippen molar-refractivity contribution in [3.05, 3.63) is 108 Å². The van der Waals surface area contributed by atoms with Crippen LogP contribution in [0.1, 0.15) is 48.5 Å². The van der Waals surface area contributed by atoms with Gasteiger partial charge in [-0.2, -0.15) is 0 Å². The molecule has 3 aromatic rings. The van der Waals surface area contributed by atoms with Gasteiger partial charge in [0.25, 0.3) is 0 Å². The Morgan fingerprint density at radius 2 is 1.70 bits per heavy atom. The van der Waals surface area contributed by atoms with E-state index in [1.54, 1.807) is 6.92 Å². The fourth-order valence-electron chi connectivity index (χ4n) is 5.31. The number of amides is 2. The highest BCUT2D eigenvalue weighted by Crippen LogP contribution is 2.42. The molecule has 3 aromatic carbocycles. The van der Waals surface area contributed by atoms with E-state index in [1.807, 2.05) is 78.9 Å². The number of nitrogens with zero attached hydrogens (tertiary/aromatic N) is 1. The van der Waals surface area contributed by atoms with Gasteiger partial charge in [-0.05, 0) is 41.8 Å². The average molecular weight is 602 g/mol. The van der Waals surface area contributed by atoms with Gasteiger partial charge in [0.15, 0.2) is 6.29 Å². The first-order valence-corrected chi connectivity index (χ1v) is 15.0. The Balaban J connectivity index is 1.50. The largest absolute Gasteiger partial charge is 0.465 e. The van der Waals surface area contributed by atoms with Crippen LogP contribution in [0.3, 0.4) is 0 Å². The van der Waals surface area contributed by atoms with Crippen molar-refractivity contribution >= 4 is 12.0 Å². The first-order chi connectivity index (χ1) is 21.3. The van der Waals surface area contributed by atoms with E-state index in [0.29, 0.717) is 0 Å². The van der Waals surface area contributed by atoms with Crippen LogP contribution in [0.4, 0.5) is 4.79 Å².